The summed E-state index contributed by atoms with van der Waals surface area (Å²) >= 11 is 0. The van der Waals surface area contributed by atoms with E-state index in [1.165, 1.54) is 6.92 Å². The van der Waals surface area contributed by atoms with Gasteiger partial charge in [0.2, 0.25) is 11.9 Å². The lowest BCUT2D eigenvalue weighted by atomic mass is 10.1. The zero-order chi connectivity index (χ0) is 18.0. The average Bonchev–Trinajstić information content (AvgIpc) is 3.18. The van der Waals surface area contributed by atoms with Crippen molar-refractivity contribution in [2.45, 2.75) is 44.4 Å². The second-order valence-electron chi connectivity index (χ2n) is 6.30. The SMILES string of the molecule is CCC(=O)NC1(C(F)(F)F)C(=O)Nc2nc3cc4c(cc3n21)CCC4. The third-order valence-corrected chi connectivity index (χ3v) is 4.81. The van der Waals surface area contributed by atoms with Crippen LogP contribution in [0.3, 0.4) is 0 Å². The molecule has 2 N–H and O–H groups in total. The van der Waals surface area contributed by atoms with Gasteiger partial charge in [0.1, 0.15) is 0 Å². The Hall–Kier alpha value is -2.58. The number of alkyl halides is 3. The molecular formula is C16H15F3N4O2. The number of imidazole rings is 1. The molecule has 132 valence electrons. The second-order valence-corrected chi connectivity index (χ2v) is 6.30. The Kier molecular flexibility index (Phi) is 3.16. The number of halogens is 3. The van der Waals surface area contributed by atoms with Crippen LogP contribution in [0.2, 0.25) is 0 Å². The standard InChI is InChI=1S/C16H15F3N4O2/c1-2-12(24)22-15(16(17,18)19)13(25)21-14-20-10-6-8-4-3-5-9(8)7-11(10)23(14)15/h6-7H,2-5H2,1H3,(H,22,24)(H,20,21,25). The Morgan fingerprint density at radius 1 is 1.36 bits per heavy atom. The van der Waals surface area contributed by atoms with Gasteiger partial charge in [-0.1, -0.05) is 6.92 Å². The van der Waals surface area contributed by atoms with Gasteiger partial charge in [-0.2, -0.15) is 13.2 Å². The van der Waals surface area contributed by atoms with Crippen molar-refractivity contribution >= 4 is 28.8 Å². The fraction of sp³-hybridized carbons (Fsp3) is 0.438. The van der Waals surface area contributed by atoms with Gasteiger partial charge in [-0.05, 0) is 42.5 Å². The van der Waals surface area contributed by atoms with Gasteiger partial charge in [-0.15, -0.1) is 0 Å². The molecule has 0 bridgehead atoms. The van der Waals surface area contributed by atoms with Crippen molar-refractivity contribution in [1.82, 2.24) is 14.9 Å². The van der Waals surface area contributed by atoms with Crippen molar-refractivity contribution in [3.63, 3.8) is 0 Å². The first-order chi connectivity index (χ1) is 11.8. The molecule has 1 unspecified atom stereocenters. The summed E-state index contributed by atoms with van der Waals surface area (Å²) in [6.07, 6.45) is -2.64. The van der Waals surface area contributed by atoms with Gasteiger partial charge < -0.3 is 5.32 Å². The first kappa shape index (κ1) is 15.9. The fourth-order valence-corrected chi connectivity index (χ4v) is 3.59. The summed E-state index contributed by atoms with van der Waals surface area (Å²) in [6, 6.07) is 3.41. The lowest BCUT2D eigenvalue weighted by molar-refractivity contribution is -0.217. The lowest BCUT2D eigenvalue weighted by Gasteiger charge is -2.31. The third-order valence-electron chi connectivity index (χ3n) is 4.81. The van der Waals surface area contributed by atoms with Crippen LogP contribution in [0.4, 0.5) is 19.1 Å². The van der Waals surface area contributed by atoms with E-state index in [1.54, 1.807) is 12.1 Å². The van der Waals surface area contributed by atoms with E-state index < -0.39 is 23.7 Å². The normalized spacial score (nSPS) is 22.0. The summed E-state index contributed by atoms with van der Waals surface area (Å²) in [6.45, 7) is 1.42. The fourth-order valence-electron chi connectivity index (χ4n) is 3.59. The maximum Gasteiger partial charge on any atom is 0.440 e. The Balaban J connectivity index is 2.00. The summed E-state index contributed by atoms with van der Waals surface area (Å²) in [5, 5.41) is 4.05. The Labute approximate surface area is 140 Å². The highest BCUT2D eigenvalue weighted by atomic mass is 19.4. The number of nitrogens with zero attached hydrogens (tertiary/aromatic N) is 2. The maximum absolute atomic E-state index is 14.0. The molecule has 25 heavy (non-hydrogen) atoms. The number of anilines is 1. The molecule has 2 amide bonds. The van der Waals surface area contributed by atoms with E-state index in [9.17, 15) is 22.8 Å². The molecule has 0 spiro atoms. The minimum Gasteiger partial charge on any atom is -0.317 e. The van der Waals surface area contributed by atoms with Crippen LogP contribution in [0.15, 0.2) is 12.1 Å². The molecule has 6 nitrogen and oxygen atoms in total. The van der Waals surface area contributed by atoms with E-state index in [1.807, 2.05) is 5.32 Å². The van der Waals surface area contributed by atoms with Crippen molar-refractivity contribution in [3.05, 3.63) is 23.3 Å². The minimum atomic E-state index is -5.03. The summed E-state index contributed by atoms with van der Waals surface area (Å²) in [5.41, 5.74) is -0.618. The maximum atomic E-state index is 14.0. The van der Waals surface area contributed by atoms with E-state index in [0.29, 0.717) is 5.52 Å². The number of aromatic nitrogens is 2. The molecule has 1 aromatic heterocycles. The van der Waals surface area contributed by atoms with E-state index >= 15 is 0 Å². The summed E-state index contributed by atoms with van der Waals surface area (Å²) in [5.74, 6) is -2.44. The molecule has 4 rings (SSSR count). The lowest BCUT2D eigenvalue weighted by Crippen LogP contribution is -2.63. The molecule has 1 aromatic carbocycles. The van der Waals surface area contributed by atoms with Crippen molar-refractivity contribution < 1.29 is 22.8 Å². The number of benzene rings is 1. The molecule has 0 fully saturated rings. The van der Waals surface area contributed by atoms with Crippen molar-refractivity contribution in [3.8, 4) is 0 Å². The monoisotopic (exact) mass is 352 g/mol. The molecule has 1 aliphatic heterocycles. The number of carbonyl (C=O) groups excluding carboxylic acids is 2. The van der Waals surface area contributed by atoms with Crippen LogP contribution in [0.5, 0.6) is 0 Å². The molecule has 0 saturated carbocycles. The van der Waals surface area contributed by atoms with Crippen LogP contribution < -0.4 is 10.6 Å². The summed E-state index contributed by atoms with van der Waals surface area (Å²) < 4.78 is 42.8. The highest BCUT2D eigenvalue weighted by Gasteiger charge is 2.67. The highest BCUT2D eigenvalue weighted by Crippen LogP contribution is 2.44. The van der Waals surface area contributed by atoms with Gasteiger partial charge in [0, 0.05) is 6.42 Å². The second kappa shape index (κ2) is 4.96. The average molecular weight is 352 g/mol. The van der Waals surface area contributed by atoms with Gasteiger partial charge in [-0.3, -0.25) is 19.5 Å². The first-order valence-electron chi connectivity index (χ1n) is 8.02. The number of rotatable bonds is 2. The number of fused-ring (bicyclic) bond motifs is 4. The number of hydrogen-bond acceptors (Lipinski definition) is 3. The first-order valence-corrected chi connectivity index (χ1v) is 8.02. The zero-order valence-electron chi connectivity index (χ0n) is 13.3. The van der Waals surface area contributed by atoms with Crippen LogP contribution in [-0.4, -0.2) is 27.5 Å². The van der Waals surface area contributed by atoms with Crippen molar-refractivity contribution in [2.24, 2.45) is 0 Å². The van der Waals surface area contributed by atoms with E-state index in [4.69, 9.17) is 0 Å². The zero-order valence-corrected chi connectivity index (χ0v) is 13.3. The predicted octanol–water partition coefficient (Wildman–Crippen LogP) is 2.22. The molecule has 1 atom stereocenters. The van der Waals surface area contributed by atoms with Crippen LogP contribution in [0.25, 0.3) is 11.0 Å². The molecular weight excluding hydrogens is 337 g/mol. The smallest absolute Gasteiger partial charge is 0.317 e. The summed E-state index contributed by atoms with van der Waals surface area (Å²) in [7, 11) is 0. The van der Waals surface area contributed by atoms with Crippen molar-refractivity contribution in [1.29, 1.82) is 0 Å². The van der Waals surface area contributed by atoms with Gasteiger partial charge in [0.15, 0.2) is 0 Å². The van der Waals surface area contributed by atoms with Crippen LogP contribution in [0.1, 0.15) is 30.9 Å². The van der Waals surface area contributed by atoms with Gasteiger partial charge in [-0.25, -0.2) is 4.98 Å². The molecule has 0 saturated heterocycles. The Morgan fingerprint density at radius 3 is 2.68 bits per heavy atom. The van der Waals surface area contributed by atoms with Gasteiger partial charge >= 0.3 is 6.18 Å². The summed E-state index contributed by atoms with van der Waals surface area (Å²) in [4.78, 5) is 28.2. The van der Waals surface area contributed by atoms with Crippen molar-refractivity contribution in [2.75, 3.05) is 5.32 Å². The quantitative estimate of drug-likeness (QED) is 0.870. The van der Waals surface area contributed by atoms with E-state index in [0.717, 1.165) is 35.0 Å². The highest BCUT2D eigenvalue weighted by molar-refractivity contribution is 6.05. The molecule has 2 aliphatic rings. The number of amides is 2. The molecule has 9 heteroatoms. The Bertz CT molecular complexity index is 918. The van der Waals surface area contributed by atoms with Crippen LogP contribution >= 0.6 is 0 Å². The topological polar surface area (TPSA) is 76.0 Å². The van der Waals surface area contributed by atoms with Gasteiger partial charge in [0.05, 0.1) is 11.0 Å². The van der Waals surface area contributed by atoms with Crippen LogP contribution in [0, 0.1) is 0 Å². The van der Waals surface area contributed by atoms with E-state index in [-0.39, 0.29) is 17.9 Å². The third kappa shape index (κ3) is 2.01. The molecule has 0 radical (unpaired) electrons. The number of hydrogen-bond donors (Lipinski definition) is 2. The molecule has 2 heterocycles. The largest absolute Gasteiger partial charge is 0.440 e. The molecule has 2 aromatic rings. The Morgan fingerprint density at radius 2 is 2.04 bits per heavy atom. The van der Waals surface area contributed by atoms with Crippen LogP contribution in [-0.2, 0) is 28.1 Å². The minimum absolute atomic E-state index is 0.178. The number of aryl methyl sites for hydroxylation is 2. The number of carbonyl (C=O) groups is 2. The predicted molar refractivity (Wildman–Crippen MR) is 82.9 cm³/mol. The molecule has 1 aliphatic carbocycles. The van der Waals surface area contributed by atoms with E-state index in [2.05, 4.69) is 10.3 Å². The van der Waals surface area contributed by atoms with Gasteiger partial charge in [0.25, 0.3) is 11.6 Å². The number of nitrogens with one attached hydrogen (secondary N) is 2.